The van der Waals surface area contributed by atoms with Crippen molar-refractivity contribution in [3.8, 4) is 6.07 Å². The fourth-order valence-corrected chi connectivity index (χ4v) is 6.87. The topological polar surface area (TPSA) is 86.8 Å². The van der Waals surface area contributed by atoms with Crippen LogP contribution in [0.5, 0.6) is 0 Å². The number of anilines is 2. The van der Waals surface area contributed by atoms with Gasteiger partial charge in [-0.3, -0.25) is 9.36 Å². The minimum atomic E-state index is -0.0863. The second-order valence-electron chi connectivity index (χ2n) is 9.56. The monoisotopic (exact) mass is 470 g/mol. The van der Waals surface area contributed by atoms with Crippen LogP contribution in [0.25, 0.3) is 0 Å². The number of fused-ring (bicyclic) bond motifs is 1. The van der Waals surface area contributed by atoms with Crippen LogP contribution < -0.4 is 10.2 Å². The number of carbonyl (C=O) groups is 1. The van der Waals surface area contributed by atoms with Gasteiger partial charge in [0.2, 0.25) is 11.9 Å². The molecule has 5 rings (SSSR count). The van der Waals surface area contributed by atoms with Gasteiger partial charge in [0, 0.05) is 24.0 Å². The van der Waals surface area contributed by atoms with E-state index in [1.807, 2.05) is 0 Å². The lowest BCUT2D eigenvalue weighted by Crippen LogP contribution is -2.34. The molecule has 1 unspecified atom stereocenters. The zero-order valence-electron chi connectivity index (χ0n) is 18.8. The van der Waals surface area contributed by atoms with Gasteiger partial charge in [-0.1, -0.05) is 25.6 Å². The Kier molecular flexibility index (Phi) is 6.17. The van der Waals surface area contributed by atoms with E-state index in [1.165, 1.54) is 29.5 Å². The molecule has 1 amide bonds. The summed E-state index contributed by atoms with van der Waals surface area (Å²) in [5.41, 5.74) is 1.81. The Labute approximate surface area is 197 Å². The van der Waals surface area contributed by atoms with Crippen molar-refractivity contribution in [2.75, 3.05) is 29.1 Å². The number of rotatable bonds is 6. The quantitative estimate of drug-likeness (QED) is 0.619. The van der Waals surface area contributed by atoms with Crippen molar-refractivity contribution in [1.29, 1.82) is 5.26 Å². The number of hydrogen-bond acceptors (Lipinski definition) is 7. The van der Waals surface area contributed by atoms with Crippen molar-refractivity contribution >= 4 is 40.0 Å². The molecule has 1 N–H and O–H groups in total. The number of hydrogen-bond donors (Lipinski definition) is 1. The maximum absolute atomic E-state index is 12.8. The molecule has 1 saturated heterocycles. The number of amides is 1. The number of aromatic nitrogens is 3. The zero-order valence-corrected chi connectivity index (χ0v) is 20.4. The highest BCUT2D eigenvalue weighted by Gasteiger charge is 2.33. The number of nitrogens with one attached hydrogen (secondary N) is 1. The Morgan fingerprint density at radius 3 is 2.69 bits per heavy atom. The first-order valence-corrected chi connectivity index (χ1v) is 13.5. The van der Waals surface area contributed by atoms with E-state index >= 15 is 0 Å². The fourth-order valence-electron chi connectivity index (χ4n) is 4.69. The first kappa shape index (κ1) is 21.8. The van der Waals surface area contributed by atoms with Crippen LogP contribution in [-0.2, 0) is 17.6 Å². The molecule has 1 saturated carbocycles. The summed E-state index contributed by atoms with van der Waals surface area (Å²) < 4.78 is 2.25. The second kappa shape index (κ2) is 9.06. The molecule has 2 aliphatic carbocycles. The standard InChI is InChI=1S/C23H30N6OS2/c1-14-7-9-28(10-8-14)22-26-27-23(29(22)16-4-5-16)31-13-20(30)25-21-18(12-24)17-6-3-15(2)11-19(17)32-21/h14-16H,3-11,13H2,1-2H3,(H,25,30). The summed E-state index contributed by atoms with van der Waals surface area (Å²) in [6, 6.07) is 2.79. The Morgan fingerprint density at radius 1 is 1.19 bits per heavy atom. The molecule has 1 atom stereocenters. The molecule has 0 radical (unpaired) electrons. The summed E-state index contributed by atoms with van der Waals surface area (Å²) in [4.78, 5) is 16.4. The summed E-state index contributed by atoms with van der Waals surface area (Å²) in [6.45, 7) is 6.61. The van der Waals surface area contributed by atoms with Crippen molar-refractivity contribution in [2.45, 2.75) is 70.0 Å². The van der Waals surface area contributed by atoms with Crippen LogP contribution in [0, 0.1) is 23.2 Å². The number of nitriles is 1. The number of thiophene rings is 1. The van der Waals surface area contributed by atoms with Gasteiger partial charge < -0.3 is 10.2 Å². The van der Waals surface area contributed by atoms with Gasteiger partial charge in [-0.2, -0.15) is 5.26 Å². The van der Waals surface area contributed by atoms with E-state index in [0.717, 1.165) is 67.8 Å². The van der Waals surface area contributed by atoms with Crippen molar-refractivity contribution in [1.82, 2.24) is 14.8 Å². The molecule has 3 heterocycles. The number of carbonyl (C=O) groups excluding carboxylic acids is 1. The van der Waals surface area contributed by atoms with Gasteiger partial charge in [0.05, 0.1) is 11.3 Å². The van der Waals surface area contributed by atoms with Crippen molar-refractivity contribution < 1.29 is 4.79 Å². The molecule has 2 aromatic heterocycles. The average molecular weight is 471 g/mol. The molecule has 9 heteroatoms. The van der Waals surface area contributed by atoms with E-state index in [-0.39, 0.29) is 11.7 Å². The first-order chi connectivity index (χ1) is 15.5. The Hall–Kier alpha value is -2.05. The minimum Gasteiger partial charge on any atom is -0.341 e. The molecule has 3 aliphatic rings. The number of piperidine rings is 1. The molecule has 0 spiro atoms. The summed E-state index contributed by atoms with van der Waals surface area (Å²) in [6.07, 6.45) is 7.72. The third-order valence-electron chi connectivity index (χ3n) is 6.83. The van der Waals surface area contributed by atoms with E-state index < -0.39 is 0 Å². The molecular weight excluding hydrogens is 440 g/mol. The third kappa shape index (κ3) is 4.40. The lowest BCUT2D eigenvalue weighted by molar-refractivity contribution is -0.113. The first-order valence-electron chi connectivity index (χ1n) is 11.7. The third-order valence-corrected chi connectivity index (χ3v) is 8.95. The van der Waals surface area contributed by atoms with Crippen molar-refractivity contribution in [3.05, 3.63) is 16.0 Å². The van der Waals surface area contributed by atoms with E-state index in [4.69, 9.17) is 0 Å². The predicted molar refractivity (Wildman–Crippen MR) is 128 cm³/mol. The number of thioether (sulfide) groups is 1. The Morgan fingerprint density at radius 2 is 1.97 bits per heavy atom. The van der Waals surface area contributed by atoms with Gasteiger partial charge in [0.15, 0.2) is 5.16 Å². The second-order valence-corrected chi connectivity index (χ2v) is 11.6. The molecular formula is C23H30N6OS2. The normalized spacial score (nSPS) is 21.3. The molecule has 7 nitrogen and oxygen atoms in total. The van der Waals surface area contributed by atoms with Gasteiger partial charge in [-0.05, 0) is 62.3 Å². The molecule has 1 aliphatic heterocycles. The van der Waals surface area contributed by atoms with Gasteiger partial charge >= 0.3 is 0 Å². The van der Waals surface area contributed by atoms with Crippen LogP contribution in [0.4, 0.5) is 10.9 Å². The van der Waals surface area contributed by atoms with Crippen LogP contribution in [-0.4, -0.2) is 39.5 Å². The van der Waals surface area contributed by atoms with Crippen LogP contribution in [0.15, 0.2) is 5.16 Å². The lowest BCUT2D eigenvalue weighted by atomic mass is 9.89. The fraction of sp³-hybridized carbons (Fsp3) is 0.652. The van der Waals surface area contributed by atoms with Crippen molar-refractivity contribution in [2.24, 2.45) is 11.8 Å². The molecule has 0 bridgehead atoms. The molecule has 2 aromatic rings. The largest absolute Gasteiger partial charge is 0.341 e. The maximum Gasteiger partial charge on any atom is 0.235 e. The molecule has 32 heavy (non-hydrogen) atoms. The zero-order chi connectivity index (χ0) is 22.2. The van der Waals surface area contributed by atoms with E-state index in [0.29, 0.717) is 22.5 Å². The smallest absolute Gasteiger partial charge is 0.235 e. The summed E-state index contributed by atoms with van der Waals surface area (Å²) in [5, 5.41) is 23.2. The highest BCUT2D eigenvalue weighted by Crippen LogP contribution is 2.42. The van der Waals surface area contributed by atoms with Crippen LogP contribution in [0.2, 0.25) is 0 Å². The van der Waals surface area contributed by atoms with E-state index in [9.17, 15) is 10.1 Å². The van der Waals surface area contributed by atoms with Crippen LogP contribution >= 0.6 is 23.1 Å². The highest BCUT2D eigenvalue weighted by atomic mass is 32.2. The average Bonchev–Trinajstić information content (AvgIpc) is 3.44. The number of nitrogens with zero attached hydrogens (tertiary/aromatic N) is 5. The van der Waals surface area contributed by atoms with Gasteiger partial charge in [0.25, 0.3) is 0 Å². The Balaban J connectivity index is 1.26. The predicted octanol–water partition coefficient (Wildman–Crippen LogP) is 4.64. The SMILES string of the molecule is CC1CCN(c2nnc(SCC(=O)Nc3sc4c(c3C#N)CCC(C)C4)n2C2CC2)CC1. The molecule has 0 aromatic carbocycles. The van der Waals surface area contributed by atoms with Gasteiger partial charge in [-0.15, -0.1) is 21.5 Å². The minimum absolute atomic E-state index is 0.0863. The highest BCUT2D eigenvalue weighted by molar-refractivity contribution is 7.99. The lowest BCUT2D eigenvalue weighted by Gasteiger charge is -2.31. The van der Waals surface area contributed by atoms with Gasteiger partial charge in [0.1, 0.15) is 11.1 Å². The van der Waals surface area contributed by atoms with Gasteiger partial charge in [-0.25, -0.2) is 0 Å². The van der Waals surface area contributed by atoms with Crippen LogP contribution in [0.1, 0.15) is 68.0 Å². The molecule has 170 valence electrons. The molecule has 2 fully saturated rings. The summed E-state index contributed by atoms with van der Waals surface area (Å²) in [7, 11) is 0. The summed E-state index contributed by atoms with van der Waals surface area (Å²) >= 11 is 3.03. The van der Waals surface area contributed by atoms with Crippen LogP contribution in [0.3, 0.4) is 0 Å². The maximum atomic E-state index is 12.8. The Bertz CT molecular complexity index is 1040. The summed E-state index contributed by atoms with van der Waals surface area (Å²) in [5.74, 6) is 2.56. The van der Waals surface area contributed by atoms with E-state index in [2.05, 4.69) is 44.9 Å². The van der Waals surface area contributed by atoms with E-state index in [1.54, 1.807) is 11.3 Å². The van der Waals surface area contributed by atoms with Crippen molar-refractivity contribution in [3.63, 3.8) is 0 Å².